The highest BCUT2D eigenvalue weighted by Gasteiger charge is 2.19. The molecule has 0 aromatic heterocycles. The standard InChI is InChI=1S/C10H12N2O3/c11-2-1-6-3-7(13)4-8-10(6)15-5-9(14)12-8/h3-4,13H,1-2,5,11H2,(H,12,14). The van der Waals surface area contributed by atoms with Gasteiger partial charge < -0.3 is 20.9 Å². The third-order valence-electron chi connectivity index (χ3n) is 2.19. The highest BCUT2D eigenvalue weighted by Crippen LogP contribution is 2.35. The van der Waals surface area contributed by atoms with Gasteiger partial charge in [-0.05, 0) is 19.0 Å². The summed E-state index contributed by atoms with van der Waals surface area (Å²) in [7, 11) is 0. The molecule has 0 saturated carbocycles. The molecule has 80 valence electrons. The topological polar surface area (TPSA) is 84.6 Å². The number of benzene rings is 1. The molecule has 0 radical (unpaired) electrons. The summed E-state index contributed by atoms with van der Waals surface area (Å²) in [6.07, 6.45) is 0.604. The van der Waals surface area contributed by atoms with E-state index in [0.717, 1.165) is 5.56 Å². The molecule has 1 aliphatic heterocycles. The van der Waals surface area contributed by atoms with Crippen molar-refractivity contribution in [2.24, 2.45) is 5.73 Å². The molecule has 0 unspecified atom stereocenters. The zero-order valence-corrected chi connectivity index (χ0v) is 8.12. The average Bonchev–Trinajstić information content (AvgIpc) is 2.17. The molecule has 0 fully saturated rings. The van der Waals surface area contributed by atoms with Crippen LogP contribution >= 0.6 is 0 Å². The average molecular weight is 208 g/mol. The summed E-state index contributed by atoms with van der Waals surface area (Å²) < 4.78 is 5.30. The Hall–Kier alpha value is -1.75. The lowest BCUT2D eigenvalue weighted by molar-refractivity contribution is -0.118. The van der Waals surface area contributed by atoms with Crippen molar-refractivity contribution in [3.8, 4) is 11.5 Å². The van der Waals surface area contributed by atoms with Crippen LogP contribution in [-0.4, -0.2) is 24.2 Å². The van der Waals surface area contributed by atoms with E-state index in [4.69, 9.17) is 10.5 Å². The maximum atomic E-state index is 11.1. The van der Waals surface area contributed by atoms with Gasteiger partial charge in [0.1, 0.15) is 11.5 Å². The van der Waals surface area contributed by atoms with Crippen LogP contribution in [0.25, 0.3) is 0 Å². The predicted octanol–water partition coefficient (Wildman–Crippen LogP) is 0.224. The Morgan fingerprint density at radius 2 is 2.33 bits per heavy atom. The number of phenols is 1. The molecular formula is C10H12N2O3. The first-order valence-electron chi connectivity index (χ1n) is 4.69. The van der Waals surface area contributed by atoms with Gasteiger partial charge in [-0.1, -0.05) is 0 Å². The van der Waals surface area contributed by atoms with E-state index < -0.39 is 0 Å². The number of fused-ring (bicyclic) bond motifs is 1. The number of hydrogen-bond acceptors (Lipinski definition) is 4. The molecule has 5 nitrogen and oxygen atoms in total. The quantitative estimate of drug-likeness (QED) is 0.649. The van der Waals surface area contributed by atoms with Crippen LogP contribution in [0.15, 0.2) is 12.1 Å². The summed E-state index contributed by atoms with van der Waals surface area (Å²) in [5.74, 6) is 0.493. The lowest BCUT2D eigenvalue weighted by Gasteiger charge is -2.20. The Labute approximate surface area is 86.8 Å². The van der Waals surface area contributed by atoms with Crippen molar-refractivity contribution in [2.45, 2.75) is 6.42 Å². The third kappa shape index (κ3) is 1.87. The first-order valence-corrected chi connectivity index (χ1v) is 4.69. The van der Waals surface area contributed by atoms with Gasteiger partial charge in [-0.15, -0.1) is 0 Å². The van der Waals surface area contributed by atoms with Gasteiger partial charge in [0.15, 0.2) is 6.61 Å². The largest absolute Gasteiger partial charge is 0.508 e. The smallest absolute Gasteiger partial charge is 0.262 e. The molecule has 0 spiro atoms. The molecule has 1 aliphatic rings. The Morgan fingerprint density at radius 3 is 3.07 bits per heavy atom. The molecule has 1 amide bonds. The molecule has 5 heteroatoms. The van der Waals surface area contributed by atoms with Gasteiger partial charge in [-0.2, -0.15) is 0 Å². The number of nitrogens with two attached hydrogens (primary N) is 1. The fraction of sp³-hybridized carbons (Fsp3) is 0.300. The van der Waals surface area contributed by atoms with Gasteiger partial charge in [0, 0.05) is 11.6 Å². The molecule has 0 atom stereocenters. The minimum Gasteiger partial charge on any atom is -0.508 e. The summed E-state index contributed by atoms with van der Waals surface area (Å²) in [6.45, 7) is 0.475. The highest BCUT2D eigenvalue weighted by atomic mass is 16.5. The van der Waals surface area contributed by atoms with E-state index in [1.807, 2.05) is 0 Å². The number of rotatable bonds is 2. The Bertz CT molecular complexity index is 404. The number of aromatic hydroxyl groups is 1. The summed E-state index contributed by atoms with van der Waals surface area (Å²) in [5.41, 5.74) is 6.77. The maximum Gasteiger partial charge on any atom is 0.262 e. The van der Waals surface area contributed by atoms with Gasteiger partial charge in [0.25, 0.3) is 5.91 Å². The minimum atomic E-state index is -0.216. The van der Waals surface area contributed by atoms with E-state index in [-0.39, 0.29) is 18.3 Å². The molecule has 1 aromatic rings. The Morgan fingerprint density at radius 1 is 1.53 bits per heavy atom. The van der Waals surface area contributed by atoms with Crippen molar-refractivity contribution in [3.05, 3.63) is 17.7 Å². The zero-order valence-electron chi connectivity index (χ0n) is 8.12. The summed E-state index contributed by atoms with van der Waals surface area (Å²) >= 11 is 0. The molecule has 0 aliphatic carbocycles. The number of carbonyl (C=O) groups is 1. The Balaban J connectivity index is 2.44. The fourth-order valence-corrected chi connectivity index (χ4v) is 1.60. The maximum absolute atomic E-state index is 11.1. The second-order valence-electron chi connectivity index (χ2n) is 3.36. The molecule has 1 heterocycles. The van der Waals surface area contributed by atoms with Crippen LogP contribution in [-0.2, 0) is 11.2 Å². The normalized spacial score (nSPS) is 14.1. The number of hydrogen-bond donors (Lipinski definition) is 3. The minimum absolute atomic E-state index is 0.00927. The number of nitrogens with one attached hydrogen (secondary N) is 1. The van der Waals surface area contributed by atoms with E-state index in [0.29, 0.717) is 24.4 Å². The van der Waals surface area contributed by atoms with E-state index in [2.05, 4.69) is 5.32 Å². The van der Waals surface area contributed by atoms with Crippen molar-refractivity contribution < 1.29 is 14.6 Å². The van der Waals surface area contributed by atoms with Crippen molar-refractivity contribution in [1.82, 2.24) is 0 Å². The first-order chi connectivity index (χ1) is 7.20. The SMILES string of the molecule is NCCc1cc(O)cc2c1OCC(=O)N2. The lowest BCUT2D eigenvalue weighted by Crippen LogP contribution is -2.26. The zero-order chi connectivity index (χ0) is 10.8. The van der Waals surface area contributed by atoms with Gasteiger partial charge in [-0.3, -0.25) is 4.79 Å². The third-order valence-corrected chi connectivity index (χ3v) is 2.19. The first kappa shape index (κ1) is 9.79. The van der Waals surface area contributed by atoms with Crippen molar-refractivity contribution in [2.75, 3.05) is 18.5 Å². The van der Waals surface area contributed by atoms with Gasteiger partial charge in [-0.25, -0.2) is 0 Å². The molecule has 4 N–H and O–H groups in total. The Kier molecular flexibility index (Phi) is 2.47. The molecular weight excluding hydrogens is 196 g/mol. The fourth-order valence-electron chi connectivity index (χ4n) is 1.60. The number of ether oxygens (including phenoxy) is 1. The van der Waals surface area contributed by atoms with Crippen LogP contribution in [0.1, 0.15) is 5.56 Å². The molecule has 2 rings (SSSR count). The second kappa shape index (κ2) is 3.78. The molecule has 0 bridgehead atoms. The van der Waals surface area contributed by atoms with Crippen LogP contribution in [0, 0.1) is 0 Å². The van der Waals surface area contributed by atoms with E-state index >= 15 is 0 Å². The number of anilines is 1. The second-order valence-corrected chi connectivity index (χ2v) is 3.36. The van der Waals surface area contributed by atoms with E-state index in [1.165, 1.54) is 6.07 Å². The molecule has 15 heavy (non-hydrogen) atoms. The van der Waals surface area contributed by atoms with Crippen LogP contribution in [0.4, 0.5) is 5.69 Å². The van der Waals surface area contributed by atoms with Gasteiger partial charge >= 0.3 is 0 Å². The van der Waals surface area contributed by atoms with E-state index in [1.54, 1.807) is 6.07 Å². The van der Waals surface area contributed by atoms with Crippen LogP contribution in [0.3, 0.4) is 0 Å². The van der Waals surface area contributed by atoms with Crippen molar-refractivity contribution in [1.29, 1.82) is 0 Å². The molecule has 1 aromatic carbocycles. The molecule has 0 saturated heterocycles. The van der Waals surface area contributed by atoms with Crippen LogP contribution < -0.4 is 15.8 Å². The summed E-state index contributed by atoms with van der Waals surface area (Å²) in [4.78, 5) is 11.1. The predicted molar refractivity (Wildman–Crippen MR) is 55.0 cm³/mol. The lowest BCUT2D eigenvalue weighted by atomic mass is 10.1. The highest BCUT2D eigenvalue weighted by molar-refractivity contribution is 5.96. The number of carbonyl (C=O) groups excluding carboxylic acids is 1. The summed E-state index contributed by atoms with van der Waals surface area (Å²) in [5, 5.41) is 12.1. The van der Waals surface area contributed by atoms with Crippen molar-refractivity contribution >= 4 is 11.6 Å². The monoisotopic (exact) mass is 208 g/mol. The summed E-state index contributed by atoms with van der Waals surface area (Å²) in [6, 6.07) is 3.07. The van der Waals surface area contributed by atoms with Crippen molar-refractivity contribution in [3.63, 3.8) is 0 Å². The number of phenolic OH excluding ortho intramolecular Hbond substituents is 1. The van der Waals surface area contributed by atoms with Crippen LogP contribution in [0.2, 0.25) is 0 Å². The van der Waals surface area contributed by atoms with E-state index in [9.17, 15) is 9.90 Å². The van der Waals surface area contributed by atoms with Crippen LogP contribution in [0.5, 0.6) is 11.5 Å². The van der Waals surface area contributed by atoms with Gasteiger partial charge in [0.05, 0.1) is 5.69 Å². The number of amides is 1. The van der Waals surface area contributed by atoms with Gasteiger partial charge in [0.2, 0.25) is 0 Å².